The van der Waals surface area contributed by atoms with Crippen molar-refractivity contribution in [2.75, 3.05) is 11.5 Å². The Morgan fingerprint density at radius 3 is 2.18 bits per heavy atom. The smallest absolute Gasteiger partial charge is 0.433 e. The molecule has 0 bridgehead atoms. The molecule has 0 aromatic carbocycles. The summed E-state index contributed by atoms with van der Waals surface area (Å²) >= 11 is 0. The third-order valence-electron chi connectivity index (χ3n) is 3.87. The van der Waals surface area contributed by atoms with E-state index >= 15 is 0 Å². The van der Waals surface area contributed by atoms with Crippen LogP contribution in [-0.2, 0) is 26.3 Å². The molecule has 1 aromatic rings. The number of hydrogen-bond donors (Lipinski definition) is 4. The van der Waals surface area contributed by atoms with Crippen molar-refractivity contribution in [3.05, 3.63) is 29.6 Å². The fourth-order valence-electron chi connectivity index (χ4n) is 2.11. The highest BCUT2D eigenvalue weighted by molar-refractivity contribution is 7.92. The third kappa shape index (κ3) is 6.04. The van der Waals surface area contributed by atoms with Crippen molar-refractivity contribution in [1.29, 1.82) is 4.78 Å². The number of carboxylic acid groups (broad SMARTS) is 1. The minimum absolute atomic E-state index is 0.211. The van der Waals surface area contributed by atoms with Gasteiger partial charge in [0.2, 0.25) is 0 Å². The first-order chi connectivity index (χ1) is 12.5. The van der Waals surface area contributed by atoms with Gasteiger partial charge < -0.3 is 15.9 Å². The van der Waals surface area contributed by atoms with E-state index in [0.29, 0.717) is 6.07 Å². The molecule has 5 N–H and O–H groups in total. The van der Waals surface area contributed by atoms with Crippen molar-refractivity contribution < 1.29 is 45.6 Å². The predicted molar refractivity (Wildman–Crippen MR) is 84.6 cm³/mol. The summed E-state index contributed by atoms with van der Waals surface area (Å²) in [6, 6.07) is -0.808. The molecular formula is C14H17F6N3O4S. The van der Waals surface area contributed by atoms with Crippen LogP contribution in [0.1, 0.15) is 24.1 Å². The van der Waals surface area contributed by atoms with Crippen LogP contribution in [0.4, 0.5) is 26.3 Å². The maximum Gasteiger partial charge on any atom is 0.433 e. The van der Waals surface area contributed by atoms with Gasteiger partial charge >= 0.3 is 18.3 Å². The largest absolute Gasteiger partial charge is 0.480 e. The van der Waals surface area contributed by atoms with Crippen LogP contribution in [0.2, 0.25) is 0 Å². The quantitative estimate of drug-likeness (QED) is 0.460. The average molecular weight is 437 g/mol. The molecule has 1 aromatic heterocycles. The minimum Gasteiger partial charge on any atom is -0.480 e. The number of aliphatic carboxylic acids is 1. The molecule has 0 radical (unpaired) electrons. The molecule has 2 unspecified atom stereocenters. The van der Waals surface area contributed by atoms with Crippen LogP contribution in [0.15, 0.2) is 18.3 Å². The molecule has 0 amide bonds. The van der Waals surface area contributed by atoms with E-state index in [2.05, 4.69) is 4.98 Å². The number of aromatic nitrogens is 1. The topological polar surface area (TPSA) is 137 Å². The van der Waals surface area contributed by atoms with Crippen molar-refractivity contribution >= 4 is 15.7 Å². The van der Waals surface area contributed by atoms with Gasteiger partial charge in [-0.2, -0.15) is 26.3 Å². The molecule has 0 fully saturated rings. The van der Waals surface area contributed by atoms with Gasteiger partial charge in [-0.05, 0) is 12.5 Å². The predicted octanol–water partition coefficient (Wildman–Crippen LogP) is 2.09. The number of carboxylic acids is 1. The number of pyridine rings is 1. The Morgan fingerprint density at radius 2 is 1.79 bits per heavy atom. The van der Waals surface area contributed by atoms with E-state index < -0.39 is 75.3 Å². The molecule has 0 saturated heterocycles. The number of hydrogen-bond acceptors (Lipinski definition) is 6. The summed E-state index contributed by atoms with van der Waals surface area (Å²) in [5.41, 5.74) is -0.988. The molecular weight excluding hydrogens is 420 g/mol. The molecule has 3 atom stereocenters. The Bertz CT molecular complexity index is 795. The summed E-state index contributed by atoms with van der Waals surface area (Å²) in [5, 5.41) is 18.7. The number of rotatable bonds is 8. The van der Waals surface area contributed by atoms with Gasteiger partial charge in [0.05, 0.1) is 0 Å². The van der Waals surface area contributed by atoms with Crippen molar-refractivity contribution in [2.45, 2.75) is 36.8 Å². The Labute approximate surface area is 155 Å². The zero-order valence-corrected chi connectivity index (χ0v) is 14.9. The summed E-state index contributed by atoms with van der Waals surface area (Å²) in [4.78, 5) is 13.5. The van der Waals surface area contributed by atoms with E-state index in [9.17, 15) is 40.5 Å². The van der Waals surface area contributed by atoms with Crippen LogP contribution < -0.4 is 5.73 Å². The van der Waals surface area contributed by atoms with Crippen LogP contribution in [-0.4, -0.2) is 49.1 Å². The van der Waals surface area contributed by atoms with Gasteiger partial charge in [0.15, 0.2) is 5.60 Å². The van der Waals surface area contributed by atoms with Crippen LogP contribution in [0.25, 0.3) is 0 Å². The number of carbonyl (C=O) groups is 1. The van der Waals surface area contributed by atoms with Gasteiger partial charge in [0, 0.05) is 39.4 Å². The Morgan fingerprint density at radius 1 is 1.21 bits per heavy atom. The van der Waals surface area contributed by atoms with Crippen molar-refractivity contribution in [3.8, 4) is 0 Å². The van der Waals surface area contributed by atoms with E-state index in [1.165, 1.54) is 0 Å². The van der Waals surface area contributed by atoms with Crippen molar-refractivity contribution in [2.24, 2.45) is 5.73 Å². The molecule has 0 aliphatic rings. The van der Waals surface area contributed by atoms with E-state index in [1.807, 2.05) is 0 Å². The van der Waals surface area contributed by atoms with Gasteiger partial charge in [-0.3, -0.25) is 14.6 Å². The van der Waals surface area contributed by atoms with Gasteiger partial charge in [-0.15, -0.1) is 0 Å². The molecule has 0 aliphatic heterocycles. The Balaban J connectivity index is 3.04. The van der Waals surface area contributed by atoms with Gasteiger partial charge in [-0.1, -0.05) is 6.07 Å². The van der Waals surface area contributed by atoms with Gasteiger partial charge in [-0.25, -0.2) is 4.21 Å². The zero-order chi connectivity index (χ0) is 22.0. The number of aliphatic hydroxyl groups is 1. The first-order valence-electron chi connectivity index (χ1n) is 7.55. The lowest BCUT2D eigenvalue weighted by molar-refractivity contribution is -0.267. The number of nitrogens with zero attached hydrogens (tertiary/aromatic N) is 1. The Kier molecular flexibility index (Phi) is 7.07. The van der Waals surface area contributed by atoms with Crippen molar-refractivity contribution in [1.82, 2.24) is 4.98 Å². The van der Waals surface area contributed by atoms with Gasteiger partial charge in [0.1, 0.15) is 11.7 Å². The molecule has 160 valence electrons. The molecule has 0 spiro atoms. The molecule has 0 saturated carbocycles. The fraction of sp³-hybridized carbons (Fsp3) is 0.571. The normalized spacial score (nSPS) is 18.1. The minimum atomic E-state index is -5.36. The second-order valence-electron chi connectivity index (χ2n) is 5.99. The lowest BCUT2D eigenvalue weighted by Crippen LogP contribution is -2.44. The maximum absolute atomic E-state index is 13.4. The second-order valence-corrected chi connectivity index (χ2v) is 8.43. The molecule has 1 rings (SSSR count). The van der Waals surface area contributed by atoms with Crippen LogP contribution in [0.5, 0.6) is 0 Å². The summed E-state index contributed by atoms with van der Waals surface area (Å²) in [6.45, 7) is 0. The lowest BCUT2D eigenvalue weighted by atomic mass is 9.91. The van der Waals surface area contributed by atoms with Crippen molar-refractivity contribution in [3.63, 3.8) is 0 Å². The van der Waals surface area contributed by atoms with E-state index in [0.717, 1.165) is 0 Å². The summed E-state index contributed by atoms with van der Waals surface area (Å²) in [7, 11) is -3.75. The molecule has 14 heteroatoms. The first-order valence-corrected chi connectivity index (χ1v) is 9.44. The highest BCUT2D eigenvalue weighted by Gasteiger charge is 2.55. The zero-order valence-electron chi connectivity index (χ0n) is 14.0. The fourth-order valence-corrected chi connectivity index (χ4v) is 3.58. The SMILES string of the molecule is N=S(=O)(CC[C@H](N)C(=O)O)CCC(O)(c1ccc(C(F)(F)F)nc1)C(F)(F)F. The number of nitrogens with two attached hydrogens (primary N) is 1. The molecule has 28 heavy (non-hydrogen) atoms. The monoisotopic (exact) mass is 437 g/mol. The lowest BCUT2D eigenvalue weighted by Gasteiger charge is -2.31. The van der Waals surface area contributed by atoms with E-state index in [4.69, 9.17) is 15.6 Å². The first kappa shape index (κ1) is 24.1. The highest BCUT2D eigenvalue weighted by atomic mass is 32.2. The number of halogens is 6. The number of nitrogens with one attached hydrogen (secondary N) is 1. The molecule has 0 aliphatic carbocycles. The van der Waals surface area contributed by atoms with E-state index in [1.54, 1.807) is 0 Å². The summed E-state index contributed by atoms with van der Waals surface area (Å²) < 4.78 is 97.2. The standard InChI is InChI=1S/C14H17F6N3O4S/c15-13(16,17)10-2-1-8(7-23-10)12(26,14(18,19)20)4-6-28(22,27)5-3-9(21)11(24)25/h1-2,7,9,22,26H,3-6,21H2,(H,24,25)/t9-,12?,28?/m0/s1. The summed E-state index contributed by atoms with van der Waals surface area (Å²) in [5.74, 6) is -3.06. The average Bonchev–Trinajstić information content (AvgIpc) is 2.56. The second kappa shape index (κ2) is 8.21. The van der Waals surface area contributed by atoms with Crippen LogP contribution >= 0.6 is 0 Å². The van der Waals surface area contributed by atoms with Gasteiger partial charge in [0.25, 0.3) is 0 Å². The molecule has 1 heterocycles. The maximum atomic E-state index is 13.4. The molecule has 7 nitrogen and oxygen atoms in total. The Hall–Kier alpha value is -1.93. The van der Waals surface area contributed by atoms with E-state index in [-0.39, 0.29) is 12.3 Å². The third-order valence-corrected chi connectivity index (χ3v) is 5.63. The van der Waals surface area contributed by atoms with Crippen LogP contribution in [0, 0.1) is 4.78 Å². The van der Waals surface area contributed by atoms with Crippen LogP contribution in [0.3, 0.4) is 0 Å². The highest BCUT2D eigenvalue weighted by Crippen LogP contribution is 2.42. The summed E-state index contributed by atoms with van der Waals surface area (Å²) in [6.07, 6.45) is -11.8. The number of alkyl halides is 6.